The molecule has 0 saturated carbocycles. The van der Waals surface area contributed by atoms with Crippen molar-refractivity contribution in [2.24, 2.45) is 0 Å². The molecule has 0 aliphatic rings. The summed E-state index contributed by atoms with van der Waals surface area (Å²) >= 11 is 0. The molecule has 144 valence electrons. The van der Waals surface area contributed by atoms with E-state index >= 15 is 0 Å². The molecule has 0 aromatic heterocycles. The first-order valence-electron chi connectivity index (χ1n) is 8.77. The summed E-state index contributed by atoms with van der Waals surface area (Å²) in [6.45, 7) is 0.0924. The van der Waals surface area contributed by atoms with E-state index in [1.54, 1.807) is 32.4 Å². The predicted octanol–water partition coefficient (Wildman–Crippen LogP) is 4.55. The van der Waals surface area contributed by atoms with Crippen LogP contribution < -0.4 is 24.8 Å². The lowest BCUT2D eigenvalue weighted by Crippen LogP contribution is -2.22. The molecule has 0 unspecified atom stereocenters. The molecule has 28 heavy (non-hydrogen) atoms. The smallest absolute Gasteiger partial charge is 0.243 e. The van der Waals surface area contributed by atoms with Crippen molar-refractivity contribution in [3.63, 3.8) is 0 Å². The van der Waals surface area contributed by atoms with Gasteiger partial charge in [0.15, 0.2) is 17.2 Å². The highest BCUT2D eigenvalue weighted by Crippen LogP contribution is 2.30. The fraction of sp³-hybridized carbons (Fsp3) is 0.136. The SMILES string of the molecule is COc1ccc(NCC(=O)Nc2ccccc2Oc2ccccc2)cc1OC. The fourth-order valence-corrected chi connectivity index (χ4v) is 2.60. The molecule has 2 N–H and O–H groups in total. The zero-order valence-corrected chi connectivity index (χ0v) is 15.8. The first-order valence-corrected chi connectivity index (χ1v) is 8.77. The molecule has 0 heterocycles. The van der Waals surface area contributed by atoms with Crippen LogP contribution in [0.4, 0.5) is 11.4 Å². The summed E-state index contributed by atoms with van der Waals surface area (Å²) in [6, 6.07) is 22.1. The molecule has 0 radical (unpaired) electrons. The highest BCUT2D eigenvalue weighted by atomic mass is 16.5. The summed E-state index contributed by atoms with van der Waals surface area (Å²) < 4.78 is 16.3. The third-order valence-electron chi connectivity index (χ3n) is 3.97. The Kier molecular flexibility index (Phi) is 6.36. The van der Waals surface area contributed by atoms with Gasteiger partial charge in [-0.15, -0.1) is 0 Å². The predicted molar refractivity (Wildman–Crippen MR) is 110 cm³/mol. The van der Waals surface area contributed by atoms with Crippen molar-refractivity contribution in [1.82, 2.24) is 0 Å². The highest BCUT2D eigenvalue weighted by Gasteiger charge is 2.10. The number of carbonyl (C=O) groups excluding carboxylic acids is 1. The van der Waals surface area contributed by atoms with Crippen molar-refractivity contribution < 1.29 is 19.0 Å². The molecule has 1 amide bonds. The van der Waals surface area contributed by atoms with Crippen molar-refractivity contribution in [3.05, 3.63) is 72.8 Å². The van der Waals surface area contributed by atoms with Crippen LogP contribution in [0, 0.1) is 0 Å². The van der Waals surface area contributed by atoms with E-state index in [-0.39, 0.29) is 12.5 Å². The number of carbonyl (C=O) groups is 1. The largest absolute Gasteiger partial charge is 0.493 e. The fourth-order valence-electron chi connectivity index (χ4n) is 2.60. The summed E-state index contributed by atoms with van der Waals surface area (Å²) in [4.78, 5) is 12.4. The van der Waals surface area contributed by atoms with E-state index in [2.05, 4.69) is 10.6 Å². The standard InChI is InChI=1S/C22H22N2O4/c1-26-20-13-12-16(14-21(20)27-2)23-15-22(25)24-18-10-6-7-11-19(18)28-17-8-4-3-5-9-17/h3-14,23H,15H2,1-2H3,(H,24,25). The number of hydrogen-bond donors (Lipinski definition) is 2. The molecule has 0 aliphatic carbocycles. The molecule has 0 aliphatic heterocycles. The van der Waals surface area contributed by atoms with Crippen molar-refractivity contribution in [1.29, 1.82) is 0 Å². The molecule has 6 nitrogen and oxygen atoms in total. The van der Waals surface area contributed by atoms with Crippen molar-refractivity contribution in [3.8, 4) is 23.0 Å². The van der Waals surface area contributed by atoms with Gasteiger partial charge in [0.25, 0.3) is 0 Å². The van der Waals surface area contributed by atoms with E-state index in [9.17, 15) is 4.79 Å². The van der Waals surface area contributed by atoms with Gasteiger partial charge in [-0.2, -0.15) is 0 Å². The minimum atomic E-state index is -0.195. The Hall–Kier alpha value is -3.67. The summed E-state index contributed by atoms with van der Waals surface area (Å²) in [6.07, 6.45) is 0. The van der Waals surface area contributed by atoms with Crippen molar-refractivity contribution in [2.75, 3.05) is 31.4 Å². The van der Waals surface area contributed by atoms with Crippen LogP contribution in [0.5, 0.6) is 23.0 Å². The monoisotopic (exact) mass is 378 g/mol. The van der Waals surface area contributed by atoms with Gasteiger partial charge in [0.2, 0.25) is 5.91 Å². The second-order valence-corrected chi connectivity index (χ2v) is 5.88. The summed E-state index contributed by atoms with van der Waals surface area (Å²) in [5.74, 6) is 2.30. The minimum Gasteiger partial charge on any atom is -0.493 e. The Morgan fingerprint density at radius 1 is 0.821 bits per heavy atom. The Bertz CT molecular complexity index is 929. The number of hydrogen-bond acceptors (Lipinski definition) is 5. The van der Waals surface area contributed by atoms with E-state index in [4.69, 9.17) is 14.2 Å². The van der Waals surface area contributed by atoms with Crippen molar-refractivity contribution >= 4 is 17.3 Å². The quantitative estimate of drug-likeness (QED) is 0.602. The summed E-state index contributed by atoms with van der Waals surface area (Å²) in [5, 5.41) is 5.94. The van der Waals surface area contributed by atoms with Crippen LogP contribution in [0.2, 0.25) is 0 Å². The van der Waals surface area contributed by atoms with Gasteiger partial charge >= 0.3 is 0 Å². The molecular formula is C22H22N2O4. The number of para-hydroxylation sites is 3. The van der Waals surface area contributed by atoms with Crippen LogP contribution in [0.1, 0.15) is 0 Å². The van der Waals surface area contributed by atoms with Crippen LogP contribution in [0.15, 0.2) is 72.8 Å². The van der Waals surface area contributed by atoms with E-state index in [0.717, 1.165) is 5.69 Å². The van der Waals surface area contributed by atoms with E-state index in [0.29, 0.717) is 28.7 Å². The Balaban J connectivity index is 1.62. The Morgan fingerprint density at radius 3 is 2.29 bits per heavy atom. The van der Waals surface area contributed by atoms with Gasteiger partial charge in [-0.1, -0.05) is 30.3 Å². The number of nitrogens with one attached hydrogen (secondary N) is 2. The van der Waals surface area contributed by atoms with Gasteiger partial charge in [0.05, 0.1) is 26.5 Å². The second-order valence-electron chi connectivity index (χ2n) is 5.88. The molecule has 0 fully saturated rings. The molecule has 0 saturated heterocycles. The number of anilines is 2. The molecule has 6 heteroatoms. The topological polar surface area (TPSA) is 68.8 Å². The summed E-state index contributed by atoms with van der Waals surface area (Å²) in [7, 11) is 3.14. The third kappa shape index (κ3) is 4.94. The first kappa shape index (κ1) is 19.1. The van der Waals surface area contributed by atoms with Gasteiger partial charge < -0.3 is 24.8 Å². The van der Waals surface area contributed by atoms with Gasteiger partial charge in [-0.3, -0.25) is 4.79 Å². The molecule has 3 rings (SSSR count). The lowest BCUT2D eigenvalue weighted by atomic mass is 10.2. The van der Waals surface area contributed by atoms with E-state index in [1.807, 2.05) is 54.6 Å². The molecule has 3 aromatic carbocycles. The molecular weight excluding hydrogens is 356 g/mol. The normalized spacial score (nSPS) is 10.1. The van der Waals surface area contributed by atoms with Crippen LogP contribution in [0.25, 0.3) is 0 Å². The van der Waals surface area contributed by atoms with Gasteiger partial charge in [-0.05, 0) is 36.4 Å². The number of ether oxygens (including phenoxy) is 3. The molecule has 0 atom stereocenters. The maximum absolute atomic E-state index is 12.4. The van der Waals surface area contributed by atoms with Gasteiger partial charge in [-0.25, -0.2) is 0 Å². The number of methoxy groups -OCH3 is 2. The maximum Gasteiger partial charge on any atom is 0.243 e. The van der Waals surface area contributed by atoms with Crippen LogP contribution in [-0.2, 0) is 4.79 Å². The van der Waals surface area contributed by atoms with Gasteiger partial charge in [0, 0.05) is 11.8 Å². The zero-order valence-electron chi connectivity index (χ0n) is 15.8. The average Bonchev–Trinajstić information content (AvgIpc) is 2.74. The Labute approximate surface area is 164 Å². The van der Waals surface area contributed by atoms with Crippen molar-refractivity contribution in [2.45, 2.75) is 0 Å². The Morgan fingerprint density at radius 2 is 1.54 bits per heavy atom. The lowest BCUT2D eigenvalue weighted by molar-refractivity contribution is -0.114. The molecule has 0 bridgehead atoms. The third-order valence-corrected chi connectivity index (χ3v) is 3.97. The minimum absolute atomic E-state index is 0.0924. The number of amides is 1. The molecule has 0 spiro atoms. The second kappa shape index (κ2) is 9.32. The van der Waals surface area contributed by atoms with E-state index < -0.39 is 0 Å². The molecule has 3 aromatic rings. The lowest BCUT2D eigenvalue weighted by Gasteiger charge is -2.13. The zero-order chi connectivity index (χ0) is 19.8. The van der Waals surface area contributed by atoms with Crippen LogP contribution in [-0.4, -0.2) is 26.7 Å². The number of rotatable bonds is 8. The van der Waals surface area contributed by atoms with Crippen LogP contribution >= 0.6 is 0 Å². The van der Waals surface area contributed by atoms with Gasteiger partial charge in [0.1, 0.15) is 5.75 Å². The average molecular weight is 378 g/mol. The number of benzene rings is 3. The van der Waals surface area contributed by atoms with E-state index in [1.165, 1.54) is 0 Å². The first-order chi connectivity index (χ1) is 13.7. The highest BCUT2D eigenvalue weighted by molar-refractivity contribution is 5.95. The van der Waals surface area contributed by atoms with Crippen LogP contribution in [0.3, 0.4) is 0 Å². The summed E-state index contributed by atoms with van der Waals surface area (Å²) in [5.41, 5.74) is 1.35. The maximum atomic E-state index is 12.4.